The lowest BCUT2D eigenvalue weighted by molar-refractivity contribution is 0.0794. The molecule has 0 atom stereocenters. The van der Waals surface area contributed by atoms with Crippen molar-refractivity contribution in [3.05, 3.63) is 35.1 Å². The molecule has 0 aliphatic heterocycles. The molecule has 0 radical (unpaired) electrons. The molecule has 0 fully saturated rings. The molecule has 0 saturated heterocycles. The second-order valence-electron chi connectivity index (χ2n) is 3.44. The lowest BCUT2D eigenvalue weighted by atomic mass is 10.1. The maximum Gasteiger partial charge on any atom is 0.255 e. The average molecular weight is 231 g/mol. The number of benzene rings is 1. The number of nitriles is 2. The van der Waals surface area contributed by atoms with Crippen LogP contribution in [0.3, 0.4) is 0 Å². The topological polar surface area (TPSA) is 67.9 Å². The van der Waals surface area contributed by atoms with E-state index in [0.29, 0.717) is 5.56 Å². The highest BCUT2D eigenvalue weighted by Gasteiger charge is 2.16. The van der Waals surface area contributed by atoms with Crippen molar-refractivity contribution in [2.45, 2.75) is 6.92 Å². The Labute approximate surface area is 98.5 Å². The number of aryl methyl sites for hydroxylation is 1. The second kappa shape index (κ2) is 5.62. The van der Waals surface area contributed by atoms with Crippen molar-refractivity contribution in [3.8, 4) is 12.1 Å². The summed E-state index contributed by atoms with van der Waals surface area (Å²) in [7, 11) is 0. The first-order valence-electron chi connectivity index (χ1n) is 4.89. The molecule has 0 aliphatic rings. The minimum absolute atomic E-state index is 0.138. The fourth-order valence-electron chi connectivity index (χ4n) is 1.28. The summed E-state index contributed by atoms with van der Waals surface area (Å²) in [5.41, 5.74) is 0.576. The molecule has 1 aromatic carbocycles. The monoisotopic (exact) mass is 231 g/mol. The van der Waals surface area contributed by atoms with Gasteiger partial charge in [0.2, 0.25) is 0 Å². The van der Waals surface area contributed by atoms with Gasteiger partial charge in [-0.1, -0.05) is 6.07 Å². The summed E-state index contributed by atoms with van der Waals surface area (Å²) in [6.07, 6.45) is 0. The number of rotatable bonds is 3. The molecule has 86 valence electrons. The molecule has 0 saturated carbocycles. The van der Waals surface area contributed by atoms with E-state index in [-0.39, 0.29) is 18.7 Å². The number of hydrogen-bond acceptors (Lipinski definition) is 3. The van der Waals surface area contributed by atoms with Gasteiger partial charge in [-0.05, 0) is 24.6 Å². The van der Waals surface area contributed by atoms with Crippen LogP contribution in [-0.2, 0) is 0 Å². The molecule has 0 heterocycles. The quantitative estimate of drug-likeness (QED) is 0.742. The molecule has 0 aliphatic carbocycles. The Morgan fingerprint density at radius 2 is 1.94 bits per heavy atom. The Morgan fingerprint density at radius 3 is 2.41 bits per heavy atom. The van der Waals surface area contributed by atoms with Gasteiger partial charge in [-0.2, -0.15) is 10.5 Å². The predicted molar refractivity (Wildman–Crippen MR) is 58.3 cm³/mol. The maximum atomic E-state index is 13.3. The van der Waals surface area contributed by atoms with Crippen LogP contribution >= 0.6 is 0 Å². The molecule has 0 N–H and O–H groups in total. The van der Waals surface area contributed by atoms with Crippen molar-refractivity contribution >= 4 is 5.91 Å². The van der Waals surface area contributed by atoms with Gasteiger partial charge in [0.1, 0.15) is 18.9 Å². The van der Waals surface area contributed by atoms with Crippen molar-refractivity contribution in [2.24, 2.45) is 0 Å². The minimum atomic E-state index is -0.521. The summed E-state index contributed by atoms with van der Waals surface area (Å²) in [4.78, 5) is 12.9. The number of nitrogens with zero attached hydrogens (tertiary/aromatic N) is 3. The molecule has 0 unspecified atom stereocenters. The van der Waals surface area contributed by atoms with Gasteiger partial charge in [-0.3, -0.25) is 4.79 Å². The molecule has 0 spiro atoms. The third kappa shape index (κ3) is 3.02. The van der Waals surface area contributed by atoms with Gasteiger partial charge in [0, 0.05) is 5.56 Å². The van der Waals surface area contributed by atoms with E-state index in [4.69, 9.17) is 10.5 Å². The van der Waals surface area contributed by atoms with Crippen LogP contribution in [0.4, 0.5) is 4.39 Å². The van der Waals surface area contributed by atoms with Crippen molar-refractivity contribution in [1.29, 1.82) is 10.5 Å². The fourth-order valence-corrected chi connectivity index (χ4v) is 1.28. The van der Waals surface area contributed by atoms with Gasteiger partial charge in [0.25, 0.3) is 5.91 Å². The predicted octanol–water partition coefficient (Wildman–Crippen LogP) is 1.62. The fraction of sp³-hybridized carbons (Fsp3) is 0.250. The molecule has 1 aromatic rings. The number of amides is 1. The van der Waals surface area contributed by atoms with Gasteiger partial charge >= 0.3 is 0 Å². The van der Waals surface area contributed by atoms with E-state index in [2.05, 4.69) is 0 Å². The summed E-state index contributed by atoms with van der Waals surface area (Å²) >= 11 is 0. The highest BCUT2D eigenvalue weighted by Crippen LogP contribution is 2.11. The Hall–Kier alpha value is -2.40. The average Bonchev–Trinajstić information content (AvgIpc) is 2.31. The molecule has 4 nitrogen and oxygen atoms in total. The first-order valence-corrected chi connectivity index (χ1v) is 4.89. The number of carbonyl (C=O) groups excluding carboxylic acids is 1. The second-order valence-corrected chi connectivity index (χ2v) is 3.44. The van der Waals surface area contributed by atoms with Crippen LogP contribution in [0.1, 0.15) is 15.9 Å². The van der Waals surface area contributed by atoms with Crippen LogP contribution in [-0.4, -0.2) is 23.9 Å². The third-order valence-electron chi connectivity index (χ3n) is 2.23. The van der Waals surface area contributed by atoms with E-state index in [1.807, 2.05) is 0 Å². The van der Waals surface area contributed by atoms with Crippen molar-refractivity contribution in [1.82, 2.24) is 4.90 Å². The minimum Gasteiger partial charge on any atom is -0.312 e. The lowest BCUT2D eigenvalue weighted by Gasteiger charge is -2.15. The smallest absolute Gasteiger partial charge is 0.255 e. The van der Waals surface area contributed by atoms with Crippen molar-refractivity contribution < 1.29 is 9.18 Å². The SMILES string of the molecule is Cc1ccc(C(=O)N(CC#N)CC#N)cc1F. The van der Waals surface area contributed by atoms with Crippen LogP contribution in [0, 0.1) is 35.4 Å². The van der Waals surface area contributed by atoms with E-state index < -0.39 is 11.7 Å². The lowest BCUT2D eigenvalue weighted by Crippen LogP contribution is -2.31. The van der Waals surface area contributed by atoms with Gasteiger partial charge in [0.05, 0.1) is 12.1 Å². The summed E-state index contributed by atoms with van der Waals surface area (Å²) in [6.45, 7) is 1.20. The maximum absolute atomic E-state index is 13.3. The standard InChI is InChI=1S/C12H10FN3O/c1-9-2-3-10(8-11(9)13)12(17)16(6-4-14)7-5-15/h2-3,8H,6-7H2,1H3. The third-order valence-corrected chi connectivity index (χ3v) is 2.23. The highest BCUT2D eigenvalue weighted by molar-refractivity contribution is 5.94. The van der Waals surface area contributed by atoms with E-state index >= 15 is 0 Å². The summed E-state index contributed by atoms with van der Waals surface area (Å²) in [6, 6.07) is 7.65. The largest absolute Gasteiger partial charge is 0.312 e. The molecule has 0 aromatic heterocycles. The van der Waals surface area contributed by atoms with Crippen LogP contribution in [0.5, 0.6) is 0 Å². The van der Waals surface area contributed by atoms with Crippen molar-refractivity contribution in [2.75, 3.05) is 13.1 Å². The summed E-state index contributed by atoms with van der Waals surface area (Å²) in [5.74, 6) is -1.00. The summed E-state index contributed by atoms with van der Waals surface area (Å²) < 4.78 is 13.3. The zero-order valence-electron chi connectivity index (χ0n) is 9.27. The Morgan fingerprint density at radius 1 is 1.35 bits per heavy atom. The first-order chi connectivity index (χ1) is 8.10. The van der Waals surface area contributed by atoms with Gasteiger partial charge in [-0.15, -0.1) is 0 Å². The van der Waals surface area contributed by atoms with E-state index in [0.717, 1.165) is 11.0 Å². The van der Waals surface area contributed by atoms with E-state index in [1.165, 1.54) is 12.1 Å². The molecular formula is C12H10FN3O. The number of hydrogen-bond donors (Lipinski definition) is 0. The number of carbonyl (C=O) groups is 1. The molecule has 1 rings (SSSR count). The molecule has 17 heavy (non-hydrogen) atoms. The van der Waals surface area contributed by atoms with Crippen LogP contribution in [0.2, 0.25) is 0 Å². The molecule has 1 amide bonds. The van der Waals surface area contributed by atoms with Crippen LogP contribution < -0.4 is 0 Å². The Kier molecular flexibility index (Phi) is 4.19. The van der Waals surface area contributed by atoms with Crippen molar-refractivity contribution in [3.63, 3.8) is 0 Å². The summed E-state index contributed by atoms with van der Waals surface area (Å²) in [5, 5.41) is 17.1. The van der Waals surface area contributed by atoms with Gasteiger partial charge in [0.15, 0.2) is 0 Å². The first kappa shape index (κ1) is 12.7. The number of halogens is 1. The normalized spacial score (nSPS) is 9.18. The Balaban J connectivity index is 2.98. The van der Waals surface area contributed by atoms with E-state index in [1.54, 1.807) is 19.1 Å². The van der Waals surface area contributed by atoms with Crippen LogP contribution in [0.25, 0.3) is 0 Å². The van der Waals surface area contributed by atoms with Gasteiger partial charge in [-0.25, -0.2) is 4.39 Å². The van der Waals surface area contributed by atoms with Crippen LogP contribution in [0.15, 0.2) is 18.2 Å². The Bertz CT molecular complexity index is 497. The zero-order chi connectivity index (χ0) is 12.8. The van der Waals surface area contributed by atoms with Gasteiger partial charge < -0.3 is 4.90 Å². The molecule has 0 bridgehead atoms. The zero-order valence-corrected chi connectivity index (χ0v) is 9.27. The highest BCUT2D eigenvalue weighted by atomic mass is 19.1. The molecular weight excluding hydrogens is 221 g/mol. The molecule has 5 heteroatoms. The van der Waals surface area contributed by atoms with E-state index in [9.17, 15) is 9.18 Å².